The molecule has 19 heavy (non-hydrogen) atoms. The van der Waals surface area contributed by atoms with Gasteiger partial charge in [-0.3, -0.25) is 9.59 Å². The predicted octanol–water partition coefficient (Wildman–Crippen LogP) is 2.10. The third-order valence-electron chi connectivity index (χ3n) is 2.14. The maximum Gasteiger partial charge on any atom is 0.247 e. The quantitative estimate of drug-likeness (QED) is 0.574. The van der Waals surface area contributed by atoms with E-state index in [0.717, 1.165) is 6.07 Å². The molecule has 8 heteroatoms. The first kappa shape index (κ1) is 15.9. The van der Waals surface area contributed by atoms with Crippen molar-refractivity contribution in [1.29, 1.82) is 0 Å². The minimum absolute atomic E-state index is 0.0196. The van der Waals surface area contributed by atoms with E-state index >= 15 is 0 Å². The number of anilines is 1. The number of halogens is 3. The van der Waals surface area contributed by atoms with E-state index in [1.165, 1.54) is 6.92 Å². The summed E-state index contributed by atoms with van der Waals surface area (Å²) in [6, 6.07) is 0.851. The number of amides is 2. The van der Waals surface area contributed by atoms with Gasteiger partial charge in [0.2, 0.25) is 11.8 Å². The Balaban J connectivity index is 2.86. The van der Waals surface area contributed by atoms with E-state index in [1.54, 1.807) is 0 Å². The smallest absolute Gasteiger partial charge is 0.247 e. The highest BCUT2D eigenvalue weighted by atomic mass is 79.9. The molecule has 0 aliphatic rings. The van der Waals surface area contributed by atoms with Crippen molar-refractivity contribution < 1.29 is 18.4 Å². The maximum absolute atomic E-state index is 13.4. The van der Waals surface area contributed by atoms with E-state index in [9.17, 15) is 18.4 Å². The largest absolute Gasteiger partial charge is 0.344 e. The monoisotopic (exact) mass is 352 g/mol. The fourth-order valence-electron chi connectivity index (χ4n) is 1.28. The number of hydrogen-bond acceptors (Lipinski definition) is 3. The molecule has 0 bridgehead atoms. The lowest BCUT2D eigenvalue weighted by atomic mass is 10.2. The second-order valence-electron chi connectivity index (χ2n) is 3.67. The summed E-state index contributed by atoms with van der Waals surface area (Å²) < 4.78 is 26.5. The molecule has 0 aliphatic heterocycles. The molecule has 0 spiro atoms. The maximum atomic E-state index is 13.4. The summed E-state index contributed by atoms with van der Waals surface area (Å²) in [6.07, 6.45) is 0. The normalized spacial score (nSPS) is 11.8. The Kier molecular flexibility index (Phi) is 5.74. The average Bonchev–Trinajstić information content (AvgIpc) is 2.32. The molecule has 1 aromatic carbocycles. The molecule has 0 aliphatic carbocycles. The highest BCUT2D eigenvalue weighted by molar-refractivity contribution is 9.10. The highest BCUT2D eigenvalue weighted by Gasteiger charge is 2.19. The zero-order chi connectivity index (χ0) is 14.6. The van der Waals surface area contributed by atoms with Crippen molar-refractivity contribution in [2.24, 2.45) is 0 Å². The number of benzene rings is 1. The van der Waals surface area contributed by atoms with Crippen LogP contribution in [0.3, 0.4) is 0 Å². The molecule has 2 amide bonds. The first-order chi connectivity index (χ1) is 8.85. The molecule has 1 rings (SSSR count). The van der Waals surface area contributed by atoms with Gasteiger partial charge in [0.05, 0.1) is 10.2 Å². The fraction of sp³-hybridized carbons (Fsp3) is 0.273. The topological polar surface area (TPSA) is 58.2 Å². The SMILES string of the molecule is CC(=O)NC(CS)C(=O)Nc1cc(Br)c(F)cc1F. The Morgan fingerprint density at radius 2 is 2.00 bits per heavy atom. The van der Waals surface area contributed by atoms with Crippen molar-refractivity contribution in [1.82, 2.24) is 5.32 Å². The summed E-state index contributed by atoms with van der Waals surface area (Å²) in [7, 11) is 0. The van der Waals surface area contributed by atoms with Gasteiger partial charge < -0.3 is 10.6 Å². The van der Waals surface area contributed by atoms with Crippen LogP contribution < -0.4 is 10.6 Å². The summed E-state index contributed by atoms with van der Waals surface area (Å²) in [5.41, 5.74) is -0.185. The van der Waals surface area contributed by atoms with Crippen LogP contribution in [0.2, 0.25) is 0 Å². The number of hydrogen-bond donors (Lipinski definition) is 3. The van der Waals surface area contributed by atoms with Gasteiger partial charge in [-0.1, -0.05) is 0 Å². The van der Waals surface area contributed by atoms with Gasteiger partial charge in [-0.15, -0.1) is 0 Å². The van der Waals surface area contributed by atoms with Crippen LogP contribution in [0.15, 0.2) is 16.6 Å². The number of nitrogens with one attached hydrogen (secondary N) is 2. The van der Waals surface area contributed by atoms with E-state index in [-0.39, 0.29) is 15.9 Å². The van der Waals surface area contributed by atoms with Crippen LogP contribution in [0, 0.1) is 11.6 Å². The van der Waals surface area contributed by atoms with Crippen LogP contribution in [-0.2, 0) is 9.59 Å². The minimum atomic E-state index is -0.908. The fourth-order valence-corrected chi connectivity index (χ4v) is 1.88. The van der Waals surface area contributed by atoms with Gasteiger partial charge in [0.25, 0.3) is 0 Å². The Bertz CT molecular complexity index is 514. The highest BCUT2D eigenvalue weighted by Crippen LogP contribution is 2.23. The number of rotatable bonds is 4. The number of carbonyl (C=O) groups excluding carboxylic acids is 2. The van der Waals surface area contributed by atoms with E-state index in [1.807, 2.05) is 0 Å². The van der Waals surface area contributed by atoms with Crippen molar-refractivity contribution in [3.05, 3.63) is 28.2 Å². The van der Waals surface area contributed by atoms with Gasteiger partial charge in [0, 0.05) is 18.7 Å². The molecule has 1 aromatic rings. The molecule has 2 N–H and O–H groups in total. The van der Waals surface area contributed by atoms with Crippen molar-refractivity contribution in [3.8, 4) is 0 Å². The zero-order valence-corrected chi connectivity index (χ0v) is 12.3. The Morgan fingerprint density at radius 3 is 2.53 bits per heavy atom. The van der Waals surface area contributed by atoms with Gasteiger partial charge in [0.15, 0.2) is 0 Å². The van der Waals surface area contributed by atoms with Crippen molar-refractivity contribution >= 4 is 46.1 Å². The lowest BCUT2D eigenvalue weighted by molar-refractivity contribution is -0.124. The molecular weight excluding hydrogens is 342 g/mol. The van der Waals surface area contributed by atoms with E-state index in [0.29, 0.717) is 6.07 Å². The van der Waals surface area contributed by atoms with E-state index < -0.39 is 29.5 Å². The minimum Gasteiger partial charge on any atom is -0.344 e. The molecule has 4 nitrogen and oxygen atoms in total. The number of thiol groups is 1. The Hall–Kier alpha value is -1.15. The zero-order valence-electron chi connectivity index (χ0n) is 9.84. The van der Waals surface area contributed by atoms with Crippen LogP contribution in [0.25, 0.3) is 0 Å². The molecule has 0 aromatic heterocycles. The molecule has 0 saturated carbocycles. The lowest BCUT2D eigenvalue weighted by Crippen LogP contribution is -2.44. The van der Waals surface area contributed by atoms with Crippen LogP contribution >= 0.6 is 28.6 Å². The molecule has 1 atom stereocenters. The Labute approximate surface area is 122 Å². The first-order valence-electron chi connectivity index (χ1n) is 5.18. The molecule has 0 saturated heterocycles. The average molecular weight is 353 g/mol. The van der Waals surface area contributed by atoms with E-state index in [4.69, 9.17) is 0 Å². The third kappa shape index (κ3) is 4.46. The summed E-state index contributed by atoms with van der Waals surface area (Å²) in [5.74, 6) is -2.68. The van der Waals surface area contributed by atoms with Gasteiger partial charge in [-0.05, 0) is 22.0 Å². The van der Waals surface area contributed by atoms with Crippen LogP contribution in [0.5, 0.6) is 0 Å². The first-order valence-corrected chi connectivity index (χ1v) is 6.61. The second-order valence-corrected chi connectivity index (χ2v) is 4.89. The molecule has 0 radical (unpaired) electrons. The van der Waals surface area contributed by atoms with Gasteiger partial charge in [-0.2, -0.15) is 12.6 Å². The summed E-state index contributed by atoms with van der Waals surface area (Å²) in [4.78, 5) is 22.7. The molecule has 1 unspecified atom stereocenters. The van der Waals surface area contributed by atoms with Crippen molar-refractivity contribution in [2.75, 3.05) is 11.1 Å². The predicted molar refractivity (Wildman–Crippen MR) is 74.1 cm³/mol. The molecule has 104 valence electrons. The molecule has 0 heterocycles. The molecular formula is C11H11BrF2N2O2S. The standard InChI is InChI=1S/C11H11BrF2N2O2S/c1-5(17)15-10(4-19)11(18)16-9-2-6(12)7(13)3-8(9)14/h2-3,10,19H,4H2,1H3,(H,15,17)(H,16,18). The summed E-state index contributed by atoms with van der Waals surface area (Å²) in [6.45, 7) is 1.25. The summed E-state index contributed by atoms with van der Waals surface area (Å²) in [5, 5.41) is 4.62. The van der Waals surface area contributed by atoms with Crippen LogP contribution in [-0.4, -0.2) is 23.6 Å². The van der Waals surface area contributed by atoms with Crippen LogP contribution in [0.1, 0.15) is 6.92 Å². The third-order valence-corrected chi connectivity index (χ3v) is 3.12. The second kappa shape index (κ2) is 6.85. The van der Waals surface area contributed by atoms with Gasteiger partial charge in [-0.25, -0.2) is 8.78 Å². The van der Waals surface area contributed by atoms with Crippen LogP contribution in [0.4, 0.5) is 14.5 Å². The lowest BCUT2D eigenvalue weighted by Gasteiger charge is -2.15. The summed E-state index contributed by atoms with van der Waals surface area (Å²) >= 11 is 6.81. The number of carbonyl (C=O) groups is 2. The van der Waals surface area contributed by atoms with Gasteiger partial charge >= 0.3 is 0 Å². The van der Waals surface area contributed by atoms with E-state index in [2.05, 4.69) is 39.2 Å². The van der Waals surface area contributed by atoms with Crippen molar-refractivity contribution in [3.63, 3.8) is 0 Å². The Morgan fingerprint density at radius 1 is 1.37 bits per heavy atom. The van der Waals surface area contributed by atoms with Gasteiger partial charge in [0.1, 0.15) is 17.7 Å². The molecule has 0 fully saturated rings. The van der Waals surface area contributed by atoms with Crippen molar-refractivity contribution in [2.45, 2.75) is 13.0 Å².